The number of hydrogen-bond acceptors (Lipinski definition) is 3. The first-order valence-corrected chi connectivity index (χ1v) is 6.95. The monoisotopic (exact) mass is 282 g/mol. The minimum absolute atomic E-state index is 0.601. The van der Waals surface area contributed by atoms with Gasteiger partial charge in [-0.25, -0.2) is 4.98 Å². The molecule has 1 aromatic heterocycles. The van der Waals surface area contributed by atoms with Crippen LogP contribution in [0.25, 0.3) is 11.0 Å². The highest BCUT2D eigenvalue weighted by molar-refractivity contribution is 5.76. The fraction of sp³-hybridized carbons (Fsp3) is 0.235. The third-order valence-corrected chi connectivity index (χ3v) is 3.56. The number of fused-ring (bicyclic) bond motifs is 1. The molecule has 0 amide bonds. The first-order chi connectivity index (χ1) is 10.2. The Labute approximate surface area is 123 Å². The lowest BCUT2D eigenvalue weighted by atomic mass is 10.2. The van der Waals surface area contributed by atoms with Gasteiger partial charge in [0, 0.05) is 6.54 Å². The fourth-order valence-electron chi connectivity index (χ4n) is 2.49. The van der Waals surface area contributed by atoms with Crippen molar-refractivity contribution in [3.05, 3.63) is 59.9 Å². The fourth-order valence-corrected chi connectivity index (χ4v) is 2.49. The van der Waals surface area contributed by atoms with E-state index in [2.05, 4.69) is 9.55 Å². The number of aromatic nitrogens is 2. The molecule has 1 unspecified atom stereocenters. The van der Waals surface area contributed by atoms with Gasteiger partial charge in [0.15, 0.2) is 0 Å². The third kappa shape index (κ3) is 2.62. The topological polar surface area (TPSA) is 47.3 Å². The van der Waals surface area contributed by atoms with E-state index in [1.54, 1.807) is 14.0 Å². The molecule has 108 valence electrons. The number of aliphatic hydroxyl groups is 1. The van der Waals surface area contributed by atoms with Gasteiger partial charge >= 0.3 is 0 Å². The standard InChI is InChI=1S/C17H18N2O2/c1-12(20)17-18-15-5-3-4-6-16(15)19(17)11-13-7-9-14(21-2)10-8-13/h3-10,12,20H,11H2,1-2H3. The summed E-state index contributed by atoms with van der Waals surface area (Å²) in [6, 6.07) is 15.9. The predicted molar refractivity (Wildman–Crippen MR) is 82.5 cm³/mol. The summed E-state index contributed by atoms with van der Waals surface area (Å²) in [7, 11) is 1.66. The molecule has 1 atom stereocenters. The van der Waals surface area contributed by atoms with Crippen LogP contribution in [-0.2, 0) is 6.54 Å². The van der Waals surface area contributed by atoms with Crippen molar-refractivity contribution in [1.29, 1.82) is 0 Å². The average molecular weight is 282 g/mol. The van der Waals surface area contributed by atoms with Crippen LogP contribution in [0.2, 0.25) is 0 Å². The predicted octanol–water partition coefficient (Wildman–Crippen LogP) is 3.15. The van der Waals surface area contributed by atoms with Crippen LogP contribution >= 0.6 is 0 Å². The Kier molecular flexibility index (Phi) is 3.62. The Morgan fingerprint density at radius 1 is 1.14 bits per heavy atom. The second-order valence-corrected chi connectivity index (χ2v) is 5.07. The van der Waals surface area contributed by atoms with Crippen molar-refractivity contribution in [3.63, 3.8) is 0 Å². The molecule has 4 heteroatoms. The van der Waals surface area contributed by atoms with Crippen LogP contribution in [0.3, 0.4) is 0 Å². The summed E-state index contributed by atoms with van der Waals surface area (Å²) in [4.78, 5) is 4.53. The van der Waals surface area contributed by atoms with Crippen LogP contribution in [0, 0.1) is 0 Å². The quantitative estimate of drug-likeness (QED) is 0.799. The van der Waals surface area contributed by atoms with Crippen LogP contribution in [0.15, 0.2) is 48.5 Å². The highest BCUT2D eigenvalue weighted by Gasteiger charge is 2.14. The van der Waals surface area contributed by atoms with Gasteiger partial charge in [-0.1, -0.05) is 24.3 Å². The summed E-state index contributed by atoms with van der Waals surface area (Å²) in [6.07, 6.45) is -0.601. The summed E-state index contributed by atoms with van der Waals surface area (Å²) in [5.41, 5.74) is 3.08. The van der Waals surface area contributed by atoms with Crippen molar-refractivity contribution in [2.75, 3.05) is 7.11 Å². The molecule has 4 nitrogen and oxygen atoms in total. The van der Waals surface area contributed by atoms with Crippen LogP contribution in [-0.4, -0.2) is 21.8 Å². The summed E-state index contributed by atoms with van der Waals surface area (Å²) in [6.45, 7) is 2.41. The number of aliphatic hydroxyl groups excluding tert-OH is 1. The van der Waals surface area contributed by atoms with Crippen molar-refractivity contribution in [1.82, 2.24) is 9.55 Å². The number of ether oxygens (including phenoxy) is 1. The number of para-hydroxylation sites is 2. The molecule has 0 spiro atoms. The van der Waals surface area contributed by atoms with E-state index >= 15 is 0 Å². The molecule has 0 aliphatic rings. The first-order valence-electron chi connectivity index (χ1n) is 6.95. The van der Waals surface area contributed by atoms with Crippen LogP contribution in [0.1, 0.15) is 24.4 Å². The molecule has 3 aromatic rings. The highest BCUT2D eigenvalue weighted by Crippen LogP contribution is 2.22. The molecule has 0 bridgehead atoms. The second-order valence-electron chi connectivity index (χ2n) is 5.07. The lowest BCUT2D eigenvalue weighted by Crippen LogP contribution is -2.07. The zero-order valence-electron chi connectivity index (χ0n) is 12.2. The molecule has 3 rings (SSSR count). The minimum atomic E-state index is -0.601. The van der Waals surface area contributed by atoms with Crippen molar-refractivity contribution in [2.45, 2.75) is 19.6 Å². The maximum atomic E-state index is 9.96. The molecule has 0 saturated heterocycles. The SMILES string of the molecule is COc1ccc(Cn2c(C(C)O)nc3ccccc32)cc1. The van der Waals surface area contributed by atoms with Gasteiger partial charge in [-0.2, -0.15) is 0 Å². The van der Waals surface area contributed by atoms with Gasteiger partial charge in [0.2, 0.25) is 0 Å². The maximum absolute atomic E-state index is 9.96. The minimum Gasteiger partial charge on any atom is -0.497 e. The summed E-state index contributed by atoms with van der Waals surface area (Å²) in [5.74, 6) is 1.53. The number of nitrogens with zero attached hydrogens (tertiary/aromatic N) is 2. The number of rotatable bonds is 4. The van der Waals surface area contributed by atoms with Gasteiger partial charge in [-0.3, -0.25) is 0 Å². The van der Waals surface area contributed by atoms with Crippen molar-refractivity contribution in [2.24, 2.45) is 0 Å². The smallest absolute Gasteiger partial charge is 0.138 e. The normalized spacial score (nSPS) is 12.5. The summed E-state index contributed by atoms with van der Waals surface area (Å²) >= 11 is 0. The molecular formula is C17H18N2O2. The Balaban J connectivity index is 2.03. The van der Waals surface area contributed by atoms with Crippen LogP contribution in [0.5, 0.6) is 5.75 Å². The van der Waals surface area contributed by atoms with Crippen LogP contribution in [0.4, 0.5) is 0 Å². The lowest BCUT2D eigenvalue weighted by molar-refractivity contribution is 0.185. The molecule has 1 N–H and O–H groups in total. The molecule has 0 radical (unpaired) electrons. The van der Waals surface area contributed by atoms with Crippen molar-refractivity contribution >= 4 is 11.0 Å². The zero-order valence-corrected chi connectivity index (χ0v) is 12.2. The number of hydrogen-bond donors (Lipinski definition) is 1. The Bertz CT molecular complexity index is 745. The number of benzene rings is 2. The van der Waals surface area contributed by atoms with Crippen molar-refractivity contribution in [3.8, 4) is 5.75 Å². The van der Waals surface area contributed by atoms with E-state index in [0.29, 0.717) is 12.4 Å². The van der Waals surface area contributed by atoms with Gasteiger partial charge < -0.3 is 14.4 Å². The number of imidazole rings is 1. The van der Waals surface area contributed by atoms with Gasteiger partial charge in [0.05, 0.1) is 18.1 Å². The van der Waals surface area contributed by atoms with Gasteiger partial charge in [-0.15, -0.1) is 0 Å². The average Bonchev–Trinajstić information content (AvgIpc) is 2.87. The molecule has 0 aliphatic heterocycles. The van der Waals surface area contributed by atoms with Gasteiger partial charge in [0.1, 0.15) is 17.7 Å². The number of methoxy groups -OCH3 is 1. The zero-order chi connectivity index (χ0) is 14.8. The van der Waals surface area contributed by atoms with E-state index in [1.165, 1.54) is 0 Å². The molecule has 21 heavy (non-hydrogen) atoms. The van der Waals surface area contributed by atoms with Crippen LogP contribution < -0.4 is 4.74 Å². The lowest BCUT2D eigenvalue weighted by Gasteiger charge is -2.11. The molecular weight excluding hydrogens is 264 g/mol. The van der Waals surface area contributed by atoms with Crippen molar-refractivity contribution < 1.29 is 9.84 Å². The summed E-state index contributed by atoms with van der Waals surface area (Å²) in [5, 5.41) is 9.96. The van der Waals surface area contributed by atoms with E-state index in [1.807, 2.05) is 48.5 Å². The van der Waals surface area contributed by atoms with E-state index in [4.69, 9.17) is 4.74 Å². The molecule has 0 fully saturated rings. The van der Waals surface area contributed by atoms with Gasteiger partial charge in [-0.05, 0) is 36.8 Å². The van der Waals surface area contributed by atoms with E-state index < -0.39 is 6.10 Å². The Hall–Kier alpha value is -2.33. The third-order valence-electron chi connectivity index (χ3n) is 3.56. The van der Waals surface area contributed by atoms with E-state index in [-0.39, 0.29) is 0 Å². The Morgan fingerprint density at radius 2 is 1.86 bits per heavy atom. The highest BCUT2D eigenvalue weighted by atomic mass is 16.5. The molecule has 0 saturated carbocycles. The molecule has 2 aromatic carbocycles. The molecule has 1 heterocycles. The van der Waals surface area contributed by atoms with E-state index in [9.17, 15) is 5.11 Å². The summed E-state index contributed by atoms with van der Waals surface area (Å²) < 4.78 is 7.23. The molecule has 0 aliphatic carbocycles. The maximum Gasteiger partial charge on any atom is 0.138 e. The first kappa shape index (κ1) is 13.6. The van der Waals surface area contributed by atoms with Gasteiger partial charge in [0.25, 0.3) is 0 Å². The largest absolute Gasteiger partial charge is 0.497 e. The second kappa shape index (κ2) is 5.58. The Morgan fingerprint density at radius 3 is 2.52 bits per heavy atom. The van der Waals surface area contributed by atoms with E-state index in [0.717, 1.165) is 22.3 Å².